The highest BCUT2D eigenvalue weighted by Gasteiger charge is 2.16. The Morgan fingerprint density at radius 3 is 2.90 bits per heavy atom. The minimum absolute atomic E-state index is 0.0885. The molecule has 3 rings (SSSR count). The standard InChI is InChI=1S/C15H15ClN2O2/c1-9-5-12(15(16)17-7-9)18-10(2)11-3-4-13-14(6-11)20-8-19-13/h3-7,10,18H,8H2,1-2H3. The maximum Gasteiger partial charge on any atom is 0.231 e. The highest BCUT2D eigenvalue weighted by atomic mass is 35.5. The molecule has 1 aliphatic heterocycles. The molecule has 0 saturated heterocycles. The Hall–Kier alpha value is -1.94. The molecular formula is C15H15ClN2O2. The normalized spacial score (nSPS) is 14.2. The van der Waals surface area contributed by atoms with Crippen LogP contribution in [0.2, 0.25) is 5.15 Å². The van der Waals surface area contributed by atoms with Crippen LogP contribution in [0.15, 0.2) is 30.5 Å². The van der Waals surface area contributed by atoms with Crippen LogP contribution < -0.4 is 14.8 Å². The summed E-state index contributed by atoms with van der Waals surface area (Å²) in [6.07, 6.45) is 1.75. The Kier molecular flexibility index (Phi) is 3.40. The zero-order chi connectivity index (χ0) is 14.1. The van der Waals surface area contributed by atoms with E-state index in [0.29, 0.717) is 5.15 Å². The van der Waals surface area contributed by atoms with Gasteiger partial charge in [-0.1, -0.05) is 17.7 Å². The van der Waals surface area contributed by atoms with Crippen LogP contribution in [0.5, 0.6) is 11.5 Å². The first-order valence-electron chi connectivity index (χ1n) is 6.42. The lowest BCUT2D eigenvalue weighted by Gasteiger charge is -2.17. The minimum atomic E-state index is 0.0885. The number of halogens is 1. The Morgan fingerprint density at radius 1 is 1.25 bits per heavy atom. The van der Waals surface area contributed by atoms with Crippen molar-refractivity contribution >= 4 is 17.3 Å². The van der Waals surface area contributed by atoms with E-state index in [-0.39, 0.29) is 12.8 Å². The number of aryl methyl sites for hydroxylation is 1. The lowest BCUT2D eigenvalue weighted by atomic mass is 10.1. The van der Waals surface area contributed by atoms with Crippen molar-refractivity contribution in [2.75, 3.05) is 12.1 Å². The van der Waals surface area contributed by atoms with Gasteiger partial charge in [-0.2, -0.15) is 0 Å². The highest BCUT2D eigenvalue weighted by Crippen LogP contribution is 2.35. The first-order chi connectivity index (χ1) is 9.63. The number of pyridine rings is 1. The zero-order valence-electron chi connectivity index (χ0n) is 11.3. The summed E-state index contributed by atoms with van der Waals surface area (Å²) in [5, 5.41) is 3.84. The maximum atomic E-state index is 6.10. The highest BCUT2D eigenvalue weighted by molar-refractivity contribution is 6.31. The molecule has 0 fully saturated rings. The molecule has 1 N–H and O–H groups in total. The average molecular weight is 291 g/mol. The second-order valence-electron chi connectivity index (χ2n) is 4.83. The summed E-state index contributed by atoms with van der Waals surface area (Å²) in [5.74, 6) is 1.57. The molecule has 5 heteroatoms. The van der Waals surface area contributed by atoms with Crippen LogP contribution in [0.25, 0.3) is 0 Å². The van der Waals surface area contributed by atoms with E-state index in [1.54, 1.807) is 6.20 Å². The number of hydrogen-bond donors (Lipinski definition) is 1. The maximum absolute atomic E-state index is 6.10. The SMILES string of the molecule is Cc1cnc(Cl)c(NC(C)c2ccc3c(c2)OCO3)c1. The van der Waals surface area contributed by atoms with E-state index in [9.17, 15) is 0 Å². The number of ether oxygens (including phenoxy) is 2. The number of rotatable bonds is 3. The number of hydrogen-bond acceptors (Lipinski definition) is 4. The molecule has 1 unspecified atom stereocenters. The minimum Gasteiger partial charge on any atom is -0.454 e. The molecule has 1 aliphatic rings. The van der Waals surface area contributed by atoms with Gasteiger partial charge < -0.3 is 14.8 Å². The van der Waals surface area contributed by atoms with Crippen molar-refractivity contribution in [3.63, 3.8) is 0 Å². The molecule has 1 aromatic carbocycles. The fourth-order valence-corrected chi connectivity index (χ4v) is 2.31. The summed E-state index contributed by atoms with van der Waals surface area (Å²) in [4.78, 5) is 4.14. The van der Waals surface area contributed by atoms with Gasteiger partial charge in [-0.15, -0.1) is 0 Å². The largest absolute Gasteiger partial charge is 0.454 e. The van der Waals surface area contributed by atoms with Crippen molar-refractivity contribution in [3.8, 4) is 11.5 Å². The molecule has 1 atom stereocenters. The van der Waals surface area contributed by atoms with Gasteiger partial charge in [-0.3, -0.25) is 0 Å². The van der Waals surface area contributed by atoms with E-state index in [4.69, 9.17) is 21.1 Å². The van der Waals surface area contributed by atoms with E-state index in [1.807, 2.05) is 31.2 Å². The topological polar surface area (TPSA) is 43.4 Å². The molecule has 0 aliphatic carbocycles. The lowest BCUT2D eigenvalue weighted by molar-refractivity contribution is 0.174. The Labute approximate surface area is 122 Å². The van der Waals surface area contributed by atoms with Gasteiger partial charge in [0.05, 0.1) is 5.69 Å². The Morgan fingerprint density at radius 2 is 2.05 bits per heavy atom. The van der Waals surface area contributed by atoms with Gasteiger partial charge >= 0.3 is 0 Å². The number of anilines is 1. The van der Waals surface area contributed by atoms with Crippen molar-refractivity contribution in [3.05, 3.63) is 46.7 Å². The summed E-state index contributed by atoms with van der Waals surface area (Å²) in [5.41, 5.74) is 3.00. The third kappa shape index (κ3) is 2.51. The van der Waals surface area contributed by atoms with Crippen molar-refractivity contribution in [2.45, 2.75) is 19.9 Å². The Balaban J connectivity index is 1.82. The molecule has 20 heavy (non-hydrogen) atoms. The lowest BCUT2D eigenvalue weighted by Crippen LogP contribution is -2.07. The molecule has 1 aromatic heterocycles. The van der Waals surface area contributed by atoms with Crippen LogP contribution in [0.3, 0.4) is 0 Å². The van der Waals surface area contributed by atoms with Gasteiger partial charge in [-0.25, -0.2) is 4.98 Å². The van der Waals surface area contributed by atoms with Crippen molar-refractivity contribution < 1.29 is 9.47 Å². The van der Waals surface area contributed by atoms with E-state index in [2.05, 4.69) is 17.2 Å². The first kappa shape index (κ1) is 13.1. The van der Waals surface area contributed by atoms with Gasteiger partial charge in [0.15, 0.2) is 16.7 Å². The predicted octanol–water partition coefficient (Wildman–Crippen LogP) is 3.95. The van der Waals surface area contributed by atoms with Gasteiger partial charge in [0.1, 0.15) is 0 Å². The van der Waals surface area contributed by atoms with Crippen molar-refractivity contribution in [2.24, 2.45) is 0 Å². The monoisotopic (exact) mass is 290 g/mol. The van der Waals surface area contributed by atoms with Crippen molar-refractivity contribution in [1.29, 1.82) is 0 Å². The molecular weight excluding hydrogens is 276 g/mol. The van der Waals surface area contributed by atoms with E-state index < -0.39 is 0 Å². The summed E-state index contributed by atoms with van der Waals surface area (Å²) < 4.78 is 10.7. The molecule has 4 nitrogen and oxygen atoms in total. The molecule has 2 aromatic rings. The molecule has 0 bridgehead atoms. The van der Waals surface area contributed by atoms with Crippen molar-refractivity contribution in [1.82, 2.24) is 4.98 Å². The van der Waals surface area contributed by atoms with Gasteiger partial charge in [0.25, 0.3) is 0 Å². The third-order valence-corrected chi connectivity index (χ3v) is 3.55. The first-order valence-corrected chi connectivity index (χ1v) is 6.79. The van der Waals surface area contributed by atoms with E-state index >= 15 is 0 Å². The van der Waals surface area contributed by atoms with Gasteiger partial charge in [0, 0.05) is 12.2 Å². The number of benzene rings is 1. The zero-order valence-corrected chi connectivity index (χ0v) is 12.1. The number of nitrogens with one attached hydrogen (secondary N) is 1. The van der Waals surface area contributed by atoms with Crippen LogP contribution in [-0.2, 0) is 0 Å². The van der Waals surface area contributed by atoms with Crippen LogP contribution in [0, 0.1) is 6.92 Å². The van der Waals surface area contributed by atoms with Crippen LogP contribution in [0.1, 0.15) is 24.1 Å². The smallest absolute Gasteiger partial charge is 0.231 e. The van der Waals surface area contributed by atoms with Crippen LogP contribution in [-0.4, -0.2) is 11.8 Å². The second-order valence-corrected chi connectivity index (χ2v) is 5.19. The molecule has 0 radical (unpaired) electrons. The van der Waals surface area contributed by atoms with E-state index in [0.717, 1.165) is 28.3 Å². The second kappa shape index (κ2) is 5.21. The van der Waals surface area contributed by atoms with Crippen LogP contribution >= 0.6 is 11.6 Å². The number of nitrogens with zero attached hydrogens (tertiary/aromatic N) is 1. The fourth-order valence-electron chi connectivity index (χ4n) is 2.15. The predicted molar refractivity (Wildman–Crippen MR) is 78.6 cm³/mol. The van der Waals surface area contributed by atoms with Gasteiger partial charge in [0.2, 0.25) is 6.79 Å². The number of fused-ring (bicyclic) bond motifs is 1. The summed E-state index contributed by atoms with van der Waals surface area (Å²) in [6, 6.07) is 8.00. The molecule has 104 valence electrons. The molecule has 0 spiro atoms. The quantitative estimate of drug-likeness (QED) is 0.870. The summed E-state index contributed by atoms with van der Waals surface area (Å²) in [7, 11) is 0. The summed E-state index contributed by atoms with van der Waals surface area (Å²) in [6.45, 7) is 4.34. The van der Waals surface area contributed by atoms with Gasteiger partial charge in [-0.05, 0) is 43.2 Å². The Bertz CT molecular complexity index is 646. The van der Waals surface area contributed by atoms with Crippen LogP contribution in [0.4, 0.5) is 5.69 Å². The summed E-state index contributed by atoms with van der Waals surface area (Å²) >= 11 is 6.10. The fraction of sp³-hybridized carbons (Fsp3) is 0.267. The molecule has 0 saturated carbocycles. The number of aromatic nitrogens is 1. The third-order valence-electron chi connectivity index (χ3n) is 3.24. The van der Waals surface area contributed by atoms with E-state index in [1.165, 1.54) is 0 Å². The average Bonchev–Trinajstić information content (AvgIpc) is 2.90. The molecule has 0 amide bonds. The molecule has 2 heterocycles.